The lowest BCUT2D eigenvalue weighted by Crippen LogP contribution is -2.32. The van der Waals surface area contributed by atoms with Crippen molar-refractivity contribution in [2.24, 2.45) is 23.7 Å². The van der Waals surface area contributed by atoms with Gasteiger partial charge in [0.15, 0.2) is 0 Å². The first-order valence-corrected chi connectivity index (χ1v) is 9.64. The van der Waals surface area contributed by atoms with Crippen LogP contribution in [0.5, 0.6) is 5.75 Å². The first kappa shape index (κ1) is 17.4. The zero-order chi connectivity index (χ0) is 19.4. The van der Waals surface area contributed by atoms with Gasteiger partial charge in [0.05, 0.1) is 22.5 Å². The van der Waals surface area contributed by atoms with E-state index in [1.54, 1.807) is 30.3 Å². The fraction of sp³-hybridized carbons (Fsp3) is 0.273. The van der Waals surface area contributed by atoms with Gasteiger partial charge >= 0.3 is 0 Å². The second-order valence-electron chi connectivity index (χ2n) is 7.49. The van der Waals surface area contributed by atoms with E-state index in [1.165, 1.54) is 17.0 Å². The molecule has 2 aromatic carbocycles. The highest BCUT2D eigenvalue weighted by atomic mass is 35.5. The van der Waals surface area contributed by atoms with Crippen molar-refractivity contribution in [1.82, 2.24) is 0 Å². The number of fused-ring (bicyclic) bond motifs is 5. The van der Waals surface area contributed by atoms with E-state index in [0.29, 0.717) is 16.5 Å². The number of halogens is 2. The van der Waals surface area contributed by atoms with Gasteiger partial charge in [-0.05, 0) is 54.7 Å². The van der Waals surface area contributed by atoms with Crippen molar-refractivity contribution >= 4 is 29.1 Å². The largest absolute Gasteiger partial charge is 0.489 e. The molecule has 1 heterocycles. The summed E-state index contributed by atoms with van der Waals surface area (Å²) in [6, 6.07) is 11.2. The normalized spacial score (nSPS) is 27.6. The van der Waals surface area contributed by atoms with Gasteiger partial charge in [0, 0.05) is 5.56 Å². The summed E-state index contributed by atoms with van der Waals surface area (Å²) >= 11 is 6.01. The Morgan fingerprint density at radius 2 is 1.64 bits per heavy atom. The minimum Gasteiger partial charge on any atom is -0.489 e. The Balaban J connectivity index is 1.32. The molecule has 4 atom stereocenters. The molecule has 2 aliphatic carbocycles. The van der Waals surface area contributed by atoms with E-state index in [0.717, 1.165) is 6.42 Å². The Kier molecular flexibility index (Phi) is 4.02. The van der Waals surface area contributed by atoms with Gasteiger partial charge in [0.2, 0.25) is 11.8 Å². The highest BCUT2D eigenvalue weighted by molar-refractivity contribution is 6.31. The van der Waals surface area contributed by atoms with Crippen molar-refractivity contribution in [3.05, 3.63) is 71.0 Å². The third-order valence-electron chi connectivity index (χ3n) is 6.01. The number of imide groups is 1. The van der Waals surface area contributed by atoms with Gasteiger partial charge in [-0.2, -0.15) is 0 Å². The van der Waals surface area contributed by atoms with Crippen molar-refractivity contribution in [2.45, 2.75) is 13.0 Å². The molecule has 1 saturated carbocycles. The summed E-state index contributed by atoms with van der Waals surface area (Å²) in [5, 5.41) is 0.305. The fourth-order valence-electron chi connectivity index (χ4n) is 4.67. The molecule has 4 nitrogen and oxygen atoms in total. The molecule has 3 aliphatic rings. The molecular weight excluding hydrogens is 381 g/mol. The van der Waals surface area contributed by atoms with Crippen LogP contribution in [0.4, 0.5) is 10.1 Å². The third-order valence-corrected chi connectivity index (χ3v) is 6.36. The lowest BCUT2D eigenvalue weighted by molar-refractivity contribution is -0.123. The molecule has 2 fully saturated rings. The molecule has 1 saturated heterocycles. The number of carbonyl (C=O) groups is 2. The maximum atomic E-state index is 13.8. The molecule has 2 bridgehead atoms. The van der Waals surface area contributed by atoms with E-state index in [-0.39, 0.29) is 47.7 Å². The standard InChI is InChI=1S/C22H17ClFNO3/c23-17-2-1-3-18(24)16(17)11-28-15-8-6-14(7-9-15)25-21(26)19-12-4-5-13(10-12)20(19)22(25)27/h1-9,12-13,19-20H,10-11H2/t12-,13+,19-,20+. The van der Waals surface area contributed by atoms with Crippen LogP contribution in [0.2, 0.25) is 5.02 Å². The molecule has 28 heavy (non-hydrogen) atoms. The van der Waals surface area contributed by atoms with Crippen molar-refractivity contribution in [2.75, 3.05) is 4.90 Å². The number of benzene rings is 2. The number of carbonyl (C=O) groups excluding carboxylic acids is 2. The summed E-state index contributed by atoms with van der Waals surface area (Å²) < 4.78 is 19.5. The minimum atomic E-state index is -0.424. The average Bonchev–Trinajstić information content (AvgIpc) is 3.36. The number of hydrogen-bond acceptors (Lipinski definition) is 3. The van der Waals surface area contributed by atoms with Crippen molar-refractivity contribution in [3.63, 3.8) is 0 Å². The fourth-order valence-corrected chi connectivity index (χ4v) is 4.89. The Labute approximate surface area is 166 Å². The van der Waals surface area contributed by atoms with Crippen LogP contribution in [0, 0.1) is 29.5 Å². The first-order chi connectivity index (χ1) is 13.5. The summed E-state index contributed by atoms with van der Waals surface area (Å²) in [4.78, 5) is 27.0. The number of ether oxygens (including phenoxy) is 1. The molecule has 6 heteroatoms. The van der Waals surface area contributed by atoms with Gasteiger partial charge in [0.25, 0.3) is 0 Å². The third kappa shape index (κ3) is 2.57. The molecule has 0 N–H and O–H groups in total. The SMILES string of the molecule is O=C1[C@@H]2[C@H](C(=O)N1c1ccc(OCc3c(F)cccc3Cl)cc1)[C@@H]1C=C[C@H]2C1. The lowest BCUT2D eigenvalue weighted by Gasteiger charge is -2.17. The van der Waals surface area contributed by atoms with Crippen LogP contribution in [-0.4, -0.2) is 11.8 Å². The Bertz CT molecular complexity index is 953. The molecule has 0 aromatic heterocycles. The van der Waals surface area contributed by atoms with E-state index in [2.05, 4.69) is 12.2 Å². The van der Waals surface area contributed by atoms with Crippen LogP contribution in [0.1, 0.15) is 12.0 Å². The number of anilines is 1. The molecule has 0 radical (unpaired) electrons. The van der Waals surface area contributed by atoms with Crippen LogP contribution in [0.25, 0.3) is 0 Å². The molecule has 1 aliphatic heterocycles. The van der Waals surface area contributed by atoms with Crippen LogP contribution in [0.15, 0.2) is 54.6 Å². The van der Waals surface area contributed by atoms with E-state index >= 15 is 0 Å². The van der Waals surface area contributed by atoms with Crippen LogP contribution >= 0.6 is 11.6 Å². The smallest absolute Gasteiger partial charge is 0.238 e. The van der Waals surface area contributed by atoms with Gasteiger partial charge in [-0.15, -0.1) is 0 Å². The van der Waals surface area contributed by atoms with Gasteiger partial charge < -0.3 is 4.74 Å². The van der Waals surface area contributed by atoms with E-state index in [9.17, 15) is 14.0 Å². The van der Waals surface area contributed by atoms with E-state index in [4.69, 9.17) is 16.3 Å². The van der Waals surface area contributed by atoms with Gasteiger partial charge in [-0.25, -0.2) is 4.39 Å². The number of hydrogen-bond donors (Lipinski definition) is 0. The zero-order valence-corrected chi connectivity index (χ0v) is 15.6. The van der Waals surface area contributed by atoms with Gasteiger partial charge in [0.1, 0.15) is 18.2 Å². The summed E-state index contributed by atoms with van der Waals surface area (Å²) in [5.74, 6) is -0.217. The summed E-state index contributed by atoms with van der Waals surface area (Å²) in [5.41, 5.74) is 0.828. The average molecular weight is 398 g/mol. The number of rotatable bonds is 4. The predicted molar refractivity (Wildman–Crippen MR) is 102 cm³/mol. The van der Waals surface area contributed by atoms with Crippen molar-refractivity contribution in [3.8, 4) is 5.75 Å². The summed E-state index contributed by atoms with van der Waals surface area (Å²) in [6.45, 7) is -0.00833. The molecule has 5 rings (SSSR count). The van der Waals surface area contributed by atoms with Crippen LogP contribution in [0.3, 0.4) is 0 Å². The summed E-state index contributed by atoms with van der Waals surface area (Å²) in [7, 11) is 0. The molecular formula is C22H17ClFNO3. The Morgan fingerprint density at radius 1 is 1.00 bits per heavy atom. The number of allylic oxidation sites excluding steroid dienone is 2. The van der Waals surface area contributed by atoms with E-state index in [1.807, 2.05) is 0 Å². The second kappa shape index (κ2) is 6.45. The zero-order valence-electron chi connectivity index (χ0n) is 14.8. The van der Waals surface area contributed by atoms with Gasteiger partial charge in [-0.1, -0.05) is 29.8 Å². The molecule has 142 valence electrons. The maximum Gasteiger partial charge on any atom is 0.238 e. The molecule has 0 unspecified atom stereocenters. The quantitative estimate of drug-likeness (QED) is 0.568. The van der Waals surface area contributed by atoms with E-state index < -0.39 is 5.82 Å². The monoisotopic (exact) mass is 397 g/mol. The number of amides is 2. The molecule has 2 aromatic rings. The minimum absolute atomic E-state index is 0.00833. The van der Waals surface area contributed by atoms with Crippen molar-refractivity contribution in [1.29, 1.82) is 0 Å². The molecule has 2 amide bonds. The number of nitrogens with zero attached hydrogens (tertiary/aromatic N) is 1. The Hall–Kier alpha value is -2.66. The highest BCUT2D eigenvalue weighted by Gasteiger charge is 2.59. The predicted octanol–water partition coefficient (Wildman–Crippen LogP) is 4.37. The molecule has 0 spiro atoms. The maximum absolute atomic E-state index is 13.8. The van der Waals surface area contributed by atoms with Crippen LogP contribution in [-0.2, 0) is 16.2 Å². The first-order valence-electron chi connectivity index (χ1n) is 9.26. The Morgan fingerprint density at radius 3 is 2.25 bits per heavy atom. The van der Waals surface area contributed by atoms with Crippen LogP contribution < -0.4 is 9.64 Å². The summed E-state index contributed by atoms with van der Waals surface area (Å²) in [6.07, 6.45) is 5.06. The highest BCUT2D eigenvalue weighted by Crippen LogP contribution is 2.53. The van der Waals surface area contributed by atoms with Crippen molar-refractivity contribution < 1.29 is 18.7 Å². The second-order valence-corrected chi connectivity index (χ2v) is 7.90. The topological polar surface area (TPSA) is 46.6 Å². The van der Waals surface area contributed by atoms with Gasteiger partial charge in [-0.3, -0.25) is 14.5 Å². The lowest BCUT2D eigenvalue weighted by atomic mass is 9.85.